The molecule has 1 aromatic rings. The van der Waals surface area contributed by atoms with E-state index < -0.39 is 0 Å². The molecule has 0 fully saturated rings. The highest BCUT2D eigenvalue weighted by Crippen LogP contribution is 2.17. The Labute approximate surface area is 63.3 Å². The van der Waals surface area contributed by atoms with Gasteiger partial charge in [0.1, 0.15) is 12.4 Å². The Morgan fingerprint density at radius 3 is 3.27 bits per heavy atom. The monoisotopic (exact) mass is 149 g/mol. The van der Waals surface area contributed by atoms with Gasteiger partial charge in [0, 0.05) is 6.20 Å². The Morgan fingerprint density at radius 2 is 2.45 bits per heavy atom. The summed E-state index contributed by atoms with van der Waals surface area (Å²) >= 11 is 0. The minimum absolute atomic E-state index is 0.0987. The van der Waals surface area contributed by atoms with Crippen LogP contribution in [0.3, 0.4) is 0 Å². The fourth-order valence-electron chi connectivity index (χ4n) is 1.06. The second-order valence-electron chi connectivity index (χ2n) is 2.30. The summed E-state index contributed by atoms with van der Waals surface area (Å²) in [5, 5.41) is 0. The van der Waals surface area contributed by atoms with Crippen LogP contribution in [-0.2, 0) is 0 Å². The van der Waals surface area contributed by atoms with Crippen molar-refractivity contribution in [1.29, 1.82) is 0 Å². The first-order valence-electron chi connectivity index (χ1n) is 3.39. The Morgan fingerprint density at radius 1 is 1.55 bits per heavy atom. The minimum Gasteiger partial charge on any atom is -0.489 e. The summed E-state index contributed by atoms with van der Waals surface area (Å²) in [5.74, 6) is 0.663. The maximum Gasteiger partial charge on any atom is 0.258 e. The highest BCUT2D eigenvalue weighted by atomic mass is 16.5. The number of ether oxygens (including phenoxy) is 1. The number of fused-ring (bicyclic) bond motifs is 1. The number of nitrogens with one attached hydrogen (secondary N) is 1. The second kappa shape index (κ2) is 2.27. The van der Waals surface area contributed by atoms with Gasteiger partial charge < -0.3 is 9.72 Å². The average Bonchev–Trinajstić information content (AvgIpc) is 2.06. The van der Waals surface area contributed by atoms with Gasteiger partial charge in [0.05, 0.1) is 5.56 Å². The lowest BCUT2D eigenvalue weighted by Crippen LogP contribution is -2.13. The minimum atomic E-state index is -0.0987. The van der Waals surface area contributed by atoms with Crippen molar-refractivity contribution in [3.8, 4) is 5.75 Å². The number of pyridine rings is 1. The molecule has 1 aromatic heterocycles. The Bertz CT molecular complexity index is 351. The predicted molar refractivity (Wildman–Crippen MR) is 41.6 cm³/mol. The van der Waals surface area contributed by atoms with Crippen LogP contribution in [0, 0.1) is 0 Å². The lowest BCUT2D eigenvalue weighted by atomic mass is 10.2. The molecule has 3 nitrogen and oxygen atoms in total. The Balaban J connectivity index is 2.70. The fraction of sp³-hybridized carbons (Fsp3) is 0.125. The first-order valence-corrected chi connectivity index (χ1v) is 3.39. The molecule has 0 unspecified atom stereocenters. The van der Waals surface area contributed by atoms with Crippen molar-refractivity contribution in [3.05, 3.63) is 34.3 Å². The molecular weight excluding hydrogens is 142 g/mol. The van der Waals surface area contributed by atoms with Crippen molar-refractivity contribution in [3.63, 3.8) is 0 Å². The fourth-order valence-corrected chi connectivity index (χ4v) is 1.06. The summed E-state index contributed by atoms with van der Waals surface area (Å²) < 4.78 is 5.20. The first-order chi connectivity index (χ1) is 5.38. The molecule has 1 aliphatic rings. The van der Waals surface area contributed by atoms with Gasteiger partial charge in [-0.25, -0.2) is 0 Å². The van der Waals surface area contributed by atoms with Crippen LogP contribution in [0.4, 0.5) is 0 Å². The normalized spacial score (nSPS) is 13.8. The summed E-state index contributed by atoms with van der Waals surface area (Å²) in [7, 11) is 0. The van der Waals surface area contributed by atoms with Gasteiger partial charge in [0.15, 0.2) is 0 Å². The number of aromatic nitrogens is 1. The van der Waals surface area contributed by atoms with Crippen molar-refractivity contribution in [2.45, 2.75) is 0 Å². The third-order valence-corrected chi connectivity index (χ3v) is 1.58. The number of hydrogen-bond acceptors (Lipinski definition) is 2. The predicted octanol–water partition coefficient (Wildman–Crippen LogP) is 0.781. The standard InChI is InChI=1S/C8H7NO2/c10-8-6-2-1-5-11-7(6)3-4-9-8/h1-4H,5H2,(H,9,10). The summed E-state index contributed by atoms with van der Waals surface area (Å²) in [6.07, 6.45) is 5.18. The van der Waals surface area contributed by atoms with Gasteiger partial charge in [-0.1, -0.05) is 0 Å². The van der Waals surface area contributed by atoms with E-state index in [0.717, 1.165) is 0 Å². The van der Waals surface area contributed by atoms with Crippen molar-refractivity contribution in [1.82, 2.24) is 4.98 Å². The summed E-state index contributed by atoms with van der Waals surface area (Å²) in [6, 6.07) is 1.75. The van der Waals surface area contributed by atoms with E-state index in [0.29, 0.717) is 17.9 Å². The van der Waals surface area contributed by atoms with Crippen LogP contribution in [0.5, 0.6) is 5.75 Å². The quantitative estimate of drug-likeness (QED) is 0.592. The maximum atomic E-state index is 11.1. The van der Waals surface area contributed by atoms with Crippen molar-refractivity contribution >= 4 is 6.08 Å². The maximum absolute atomic E-state index is 11.1. The van der Waals surface area contributed by atoms with E-state index in [1.165, 1.54) is 0 Å². The van der Waals surface area contributed by atoms with E-state index in [2.05, 4.69) is 4.98 Å². The number of H-pyrrole nitrogens is 1. The molecule has 0 spiro atoms. The van der Waals surface area contributed by atoms with Gasteiger partial charge in [-0.15, -0.1) is 0 Å². The lowest BCUT2D eigenvalue weighted by Gasteiger charge is -2.09. The average molecular weight is 149 g/mol. The van der Waals surface area contributed by atoms with E-state index in [-0.39, 0.29) is 5.56 Å². The molecule has 3 heteroatoms. The van der Waals surface area contributed by atoms with Crippen LogP contribution in [0.25, 0.3) is 6.08 Å². The van der Waals surface area contributed by atoms with E-state index in [4.69, 9.17) is 4.74 Å². The Hall–Kier alpha value is -1.51. The van der Waals surface area contributed by atoms with Gasteiger partial charge in [0.25, 0.3) is 5.56 Å². The Kier molecular flexibility index (Phi) is 1.28. The molecule has 0 bridgehead atoms. The molecule has 0 radical (unpaired) electrons. The van der Waals surface area contributed by atoms with Crippen LogP contribution in [0.15, 0.2) is 23.1 Å². The van der Waals surface area contributed by atoms with Gasteiger partial charge in [-0.05, 0) is 18.2 Å². The lowest BCUT2D eigenvalue weighted by molar-refractivity contribution is 0.357. The number of rotatable bonds is 0. The molecule has 0 saturated heterocycles. The van der Waals surface area contributed by atoms with E-state index in [9.17, 15) is 4.79 Å². The molecule has 11 heavy (non-hydrogen) atoms. The van der Waals surface area contributed by atoms with Gasteiger partial charge in [-0.3, -0.25) is 4.79 Å². The summed E-state index contributed by atoms with van der Waals surface area (Å²) in [4.78, 5) is 13.6. The molecule has 1 aliphatic heterocycles. The molecule has 56 valence electrons. The van der Waals surface area contributed by atoms with Crippen LogP contribution in [-0.4, -0.2) is 11.6 Å². The highest BCUT2D eigenvalue weighted by molar-refractivity contribution is 5.57. The summed E-state index contributed by atoms with van der Waals surface area (Å²) in [6.45, 7) is 0.552. The zero-order chi connectivity index (χ0) is 7.68. The first kappa shape index (κ1) is 6.22. The highest BCUT2D eigenvalue weighted by Gasteiger charge is 2.06. The molecule has 0 aromatic carbocycles. The number of hydrogen-bond donors (Lipinski definition) is 1. The number of aromatic amines is 1. The molecule has 0 atom stereocenters. The van der Waals surface area contributed by atoms with Gasteiger partial charge >= 0.3 is 0 Å². The molecule has 0 saturated carbocycles. The van der Waals surface area contributed by atoms with Crippen LogP contribution >= 0.6 is 0 Å². The van der Waals surface area contributed by atoms with Crippen molar-refractivity contribution in [2.24, 2.45) is 0 Å². The second-order valence-corrected chi connectivity index (χ2v) is 2.30. The van der Waals surface area contributed by atoms with Crippen LogP contribution in [0.1, 0.15) is 5.56 Å². The molecule has 2 rings (SSSR count). The molecule has 0 aliphatic carbocycles. The molecular formula is C8H7NO2. The zero-order valence-corrected chi connectivity index (χ0v) is 5.83. The van der Waals surface area contributed by atoms with Crippen LogP contribution in [0.2, 0.25) is 0 Å². The molecule has 2 heterocycles. The van der Waals surface area contributed by atoms with Gasteiger partial charge in [0.2, 0.25) is 0 Å². The van der Waals surface area contributed by atoms with E-state index in [1.54, 1.807) is 18.3 Å². The smallest absolute Gasteiger partial charge is 0.258 e. The van der Waals surface area contributed by atoms with Gasteiger partial charge in [-0.2, -0.15) is 0 Å². The summed E-state index contributed by atoms with van der Waals surface area (Å²) in [5.41, 5.74) is 0.511. The largest absolute Gasteiger partial charge is 0.489 e. The molecule has 0 amide bonds. The zero-order valence-electron chi connectivity index (χ0n) is 5.83. The van der Waals surface area contributed by atoms with E-state index >= 15 is 0 Å². The van der Waals surface area contributed by atoms with Crippen molar-refractivity contribution in [2.75, 3.05) is 6.61 Å². The third-order valence-electron chi connectivity index (χ3n) is 1.58. The SMILES string of the molecule is O=c1[nH]ccc2c1C=CCO2. The topological polar surface area (TPSA) is 42.1 Å². The van der Waals surface area contributed by atoms with Crippen LogP contribution < -0.4 is 10.3 Å². The third kappa shape index (κ3) is 0.941. The van der Waals surface area contributed by atoms with E-state index in [1.807, 2.05) is 6.08 Å². The molecule has 1 N–H and O–H groups in total. The van der Waals surface area contributed by atoms with Crippen molar-refractivity contribution < 1.29 is 4.74 Å².